The second-order valence-corrected chi connectivity index (χ2v) is 7.90. The summed E-state index contributed by atoms with van der Waals surface area (Å²) in [5.41, 5.74) is 3.27. The molecule has 0 fully saturated rings. The van der Waals surface area contributed by atoms with Crippen LogP contribution in [0.25, 0.3) is 0 Å². The topological polar surface area (TPSA) is 85.2 Å². The third kappa shape index (κ3) is 4.98. The number of benzene rings is 1. The third-order valence-corrected chi connectivity index (χ3v) is 5.39. The monoisotopic (exact) mass is 412 g/mol. The third-order valence-electron chi connectivity index (χ3n) is 5.39. The first kappa shape index (κ1) is 21.8. The van der Waals surface area contributed by atoms with Crippen molar-refractivity contribution in [1.29, 1.82) is 0 Å². The number of hydrogen-bond donors (Lipinski definition) is 1. The smallest absolute Gasteiger partial charge is 0.338 e. The number of tetrazole rings is 1. The van der Waals surface area contributed by atoms with Gasteiger partial charge in [0.2, 0.25) is 5.95 Å². The number of nitrogens with zero attached hydrogens (tertiary/aromatic N) is 5. The Morgan fingerprint density at radius 3 is 2.53 bits per heavy atom. The van der Waals surface area contributed by atoms with Crippen molar-refractivity contribution in [3.05, 3.63) is 41.1 Å². The van der Waals surface area contributed by atoms with E-state index in [9.17, 15) is 4.79 Å². The first-order valence-corrected chi connectivity index (χ1v) is 10.7. The summed E-state index contributed by atoms with van der Waals surface area (Å²) in [6.07, 6.45) is 6.88. The second-order valence-electron chi connectivity index (χ2n) is 7.90. The number of fused-ring (bicyclic) bond motifs is 1. The number of ether oxygens (including phenoxy) is 1. The predicted molar refractivity (Wildman–Crippen MR) is 117 cm³/mol. The van der Waals surface area contributed by atoms with Gasteiger partial charge in [-0.3, -0.25) is 0 Å². The number of carbonyl (C=O) groups is 1. The molecule has 0 saturated carbocycles. The van der Waals surface area contributed by atoms with E-state index in [-0.39, 0.29) is 5.97 Å². The van der Waals surface area contributed by atoms with Crippen LogP contribution in [0.1, 0.15) is 64.0 Å². The Labute approximate surface area is 178 Å². The molecule has 0 aliphatic carbocycles. The van der Waals surface area contributed by atoms with Crippen LogP contribution in [-0.2, 0) is 9.53 Å². The van der Waals surface area contributed by atoms with E-state index in [2.05, 4.69) is 27.8 Å². The van der Waals surface area contributed by atoms with Gasteiger partial charge in [-0.25, -0.2) is 4.79 Å². The van der Waals surface area contributed by atoms with E-state index in [1.807, 2.05) is 50.2 Å². The van der Waals surface area contributed by atoms with Gasteiger partial charge >= 0.3 is 5.97 Å². The molecule has 0 unspecified atom stereocenters. The van der Waals surface area contributed by atoms with Crippen LogP contribution < -0.4 is 10.2 Å². The summed E-state index contributed by atoms with van der Waals surface area (Å²) in [4.78, 5) is 15.1. The fraction of sp³-hybridized carbons (Fsp3) is 0.545. The Bertz CT molecular complexity index is 872. The number of esters is 1. The van der Waals surface area contributed by atoms with Crippen LogP contribution >= 0.6 is 0 Å². The molecule has 8 heteroatoms. The van der Waals surface area contributed by atoms with E-state index in [0.29, 0.717) is 23.8 Å². The molecule has 0 amide bonds. The number of allylic oxidation sites excluding steroid dienone is 1. The first-order chi connectivity index (χ1) is 14.5. The van der Waals surface area contributed by atoms with Gasteiger partial charge in [-0.15, -0.1) is 0 Å². The van der Waals surface area contributed by atoms with Crippen molar-refractivity contribution in [2.24, 2.45) is 0 Å². The van der Waals surface area contributed by atoms with Gasteiger partial charge in [0.25, 0.3) is 0 Å². The van der Waals surface area contributed by atoms with Gasteiger partial charge in [0.15, 0.2) is 0 Å². The number of aromatic nitrogens is 4. The van der Waals surface area contributed by atoms with Crippen molar-refractivity contribution in [2.75, 3.05) is 30.9 Å². The number of hydrogen-bond acceptors (Lipinski definition) is 7. The molecule has 8 nitrogen and oxygen atoms in total. The van der Waals surface area contributed by atoms with Gasteiger partial charge < -0.3 is 15.0 Å². The van der Waals surface area contributed by atoms with E-state index in [1.54, 1.807) is 4.68 Å². The fourth-order valence-corrected chi connectivity index (χ4v) is 3.66. The molecule has 0 bridgehead atoms. The molecule has 2 heterocycles. The normalized spacial score (nSPS) is 15.5. The van der Waals surface area contributed by atoms with Gasteiger partial charge in [0.1, 0.15) is 6.04 Å². The highest BCUT2D eigenvalue weighted by molar-refractivity contribution is 5.92. The van der Waals surface area contributed by atoms with Gasteiger partial charge in [-0.1, -0.05) is 56.3 Å². The molecule has 1 aliphatic heterocycles. The van der Waals surface area contributed by atoms with Gasteiger partial charge in [-0.05, 0) is 41.5 Å². The maximum Gasteiger partial charge on any atom is 0.338 e. The average Bonchev–Trinajstić information content (AvgIpc) is 3.20. The Kier molecular flexibility index (Phi) is 7.43. The Morgan fingerprint density at radius 2 is 1.83 bits per heavy atom. The van der Waals surface area contributed by atoms with E-state index >= 15 is 0 Å². The summed E-state index contributed by atoms with van der Waals surface area (Å²) in [5, 5.41) is 15.0. The van der Waals surface area contributed by atoms with Crippen LogP contribution in [0.3, 0.4) is 0 Å². The van der Waals surface area contributed by atoms with Crippen molar-refractivity contribution in [1.82, 2.24) is 20.2 Å². The summed E-state index contributed by atoms with van der Waals surface area (Å²) in [6, 6.07) is 7.63. The van der Waals surface area contributed by atoms with E-state index in [4.69, 9.17) is 4.74 Å². The summed E-state index contributed by atoms with van der Waals surface area (Å²) in [5.74, 6) is 0.193. The van der Waals surface area contributed by atoms with Gasteiger partial charge in [-0.2, -0.15) is 4.68 Å². The van der Waals surface area contributed by atoms with Crippen molar-refractivity contribution in [3.63, 3.8) is 0 Å². The predicted octanol–water partition coefficient (Wildman–Crippen LogP) is 3.93. The summed E-state index contributed by atoms with van der Waals surface area (Å²) in [7, 11) is 3.99. The molecular weight excluding hydrogens is 380 g/mol. The zero-order valence-electron chi connectivity index (χ0n) is 18.4. The fourth-order valence-electron chi connectivity index (χ4n) is 3.66. The maximum absolute atomic E-state index is 13.0. The maximum atomic E-state index is 13.0. The van der Waals surface area contributed by atoms with Crippen molar-refractivity contribution in [3.8, 4) is 0 Å². The minimum atomic E-state index is -0.426. The minimum absolute atomic E-state index is 0.323. The molecule has 0 saturated heterocycles. The highest BCUT2D eigenvalue weighted by Gasteiger charge is 2.34. The van der Waals surface area contributed by atoms with E-state index in [0.717, 1.165) is 24.1 Å². The molecule has 3 rings (SSSR count). The molecule has 1 aliphatic rings. The highest BCUT2D eigenvalue weighted by atomic mass is 16.5. The number of unbranched alkanes of at least 4 members (excludes halogenated alkanes) is 5. The number of rotatable bonds is 10. The average molecular weight is 413 g/mol. The zero-order valence-corrected chi connectivity index (χ0v) is 18.4. The number of anilines is 2. The van der Waals surface area contributed by atoms with Crippen LogP contribution in [0.4, 0.5) is 11.6 Å². The lowest BCUT2D eigenvalue weighted by Crippen LogP contribution is -2.30. The van der Waals surface area contributed by atoms with Crippen LogP contribution in [0.15, 0.2) is 35.5 Å². The number of carbonyl (C=O) groups excluding carboxylic acids is 1. The Balaban J connectivity index is 1.74. The summed E-state index contributed by atoms with van der Waals surface area (Å²) < 4.78 is 7.27. The van der Waals surface area contributed by atoms with Crippen LogP contribution in [0.5, 0.6) is 0 Å². The second kappa shape index (κ2) is 10.2. The van der Waals surface area contributed by atoms with E-state index in [1.165, 1.54) is 25.7 Å². The molecule has 2 aromatic rings. The molecule has 1 N–H and O–H groups in total. The standard InChI is InChI=1S/C22H32N6O2/c1-5-6-7-8-9-10-15-30-21(29)19-16(2)23-22-24-25-26-28(22)20(19)17-11-13-18(14-12-17)27(3)4/h11-14,20H,5-10,15H2,1-4H3,(H,23,24,26)/t20-/m0/s1. The van der Waals surface area contributed by atoms with Crippen molar-refractivity contribution >= 4 is 17.6 Å². The van der Waals surface area contributed by atoms with Crippen LogP contribution in [0.2, 0.25) is 0 Å². The Morgan fingerprint density at radius 1 is 1.13 bits per heavy atom. The lowest BCUT2D eigenvalue weighted by Gasteiger charge is -2.27. The largest absolute Gasteiger partial charge is 0.462 e. The quantitative estimate of drug-likeness (QED) is 0.467. The van der Waals surface area contributed by atoms with Crippen molar-refractivity contribution in [2.45, 2.75) is 58.4 Å². The lowest BCUT2D eigenvalue weighted by molar-refractivity contribution is -0.139. The zero-order chi connectivity index (χ0) is 21.5. The molecule has 0 spiro atoms. The Hall–Kier alpha value is -2.90. The molecule has 0 radical (unpaired) electrons. The molecular formula is C22H32N6O2. The molecule has 1 aromatic heterocycles. The molecule has 1 atom stereocenters. The summed E-state index contributed by atoms with van der Waals surface area (Å²) in [6.45, 7) is 4.49. The highest BCUT2D eigenvalue weighted by Crippen LogP contribution is 2.35. The van der Waals surface area contributed by atoms with Gasteiger partial charge in [0.05, 0.1) is 12.2 Å². The lowest BCUT2D eigenvalue weighted by atomic mass is 9.95. The van der Waals surface area contributed by atoms with Gasteiger partial charge in [0, 0.05) is 25.5 Å². The SMILES string of the molecule is CCCCCCCCOC(=O)C1=C(C)Nc2nnnn2[C@H]1c1ccc(N(C)C)cc1. The van der Waals surface area contributed by atoms with Crippen LogP contribution in [0, 0.1) is 0 Å². The minimum Gasteiger partial charge on any atom is -0.462 e. The molecule has 1 aromatic carbocycles. The summed E-state index contributed by atoms with van der Waals surface area (Å²) >= 11 is 0. The van der Waals surface area contributed by atoms with Crippen LogP contribution in [-0.4, -0.2) is 46.9 Å². The molecule has 30 heavy (non-hydrogen) atoms. The van der Waals surface area contributed by atoms with Crippen molar-refractivity contribution < 1.29 is 9.53 Å². The molecule has 162 valence electrons. The number of nitrogens with one attached hydrogen (secondary N) is 1. The first-order valence-electron chi connectivity index (χ1n) is 10.7. The van der Waals surface area contributed by atoms with E-state index < -0.39 is 6.04 Å².